The van der Waals surface area contributed by atoms with Gasteiger partial charge in [0.25, 0.3) is 0 Å². The number of aryl methyl sites for hydroxylation is 2. The van der Waals surface area contributed by atoms with Crippen molar-refractivity contribution in [3.8, 4) is 5.75 Å². The van der Waals surface area contributed by atoms with Crippen LogP contribution < -0.4 is 10.1 Å². The van der Waals surface area contributed by atoms with Gasteiger partial charge < -0.3 is 15.2 Å². The molecule has 0 bridgehead atoms. The second-order valence-corrected chi connectivity index (χ2v) is 4.11. The quantitative estimate of drug-likeness (QED) is 0.721. The third-order valence-electron chi connectivity index (χ3n) is 2.52. The van der Waals surface area contributed by atoms with E-state index in [1.807, 2.05) is 39.0 Å². The molecule has 0 unspecified atom stereocenters. The van der Waals surface area contributed by atoms with Crippen molar-refractivity contribution in [2.45, 2.75) is 26.8 Å². The minimum atomic E-state index is 0.126. The Kier molecular flexibility index (Phi) is 5.29. The van der Waals surface area contributed by atoms with Gasteiger partial charge in [-0.05, 0) is 31.9 Å². The van der Waals surface area contributed by atoms with E-state index in [9.17, 15) is 0 Å². The van der Waals surface area contributed by atoms with Crippen LogP contribution in [0.15, 0.2) is 18.2 Å². The zero-order chi connectivity index (χ0) is 12.0. The number of hydrogen-bond donors (Lipinski definition) is 2. The highest BCUT2D eigenvalue weighted by Gasteiger charge is 2.03. The number of ether oxygens (including phenoxy) is 1. The van der Waals surface area contributed by atoms with Crippen molar-refractivity contribution in [2.24, 2.45) is 0 Å². The molecule has 1 rings (SSSR count). The highest BCUT2D eigenvalue weighted by Crippen LogP contribution is 2.21. The SMILES string of the molecule is Cc1cccc(C)c1OCCN[C@H](C)CO. The van der Waals surface area contributed by atoms with Gasteiger partial charge in [0.15, 0.2) is 0 Å². The number of hydrogen-bond acceptors (Lipinski definition) is 3. The van der Waals surface area contributed by atoms with Crippen LogP contribution in [0.5, 0.6) is 5.75 Å². The lowest BCUT2D eigenvalue weighted by Gasteiger charge is -2.14. The molecule has 1 aromatic rings. The summed E-state index contributed by atoms with van der Waals surface area (Å²) in [7, 11) is 0. The average Bonchev–Trinajstić information content (AvgIpc) is 2.27. The molecule has 3 nitrogen and oxygen atoms in total. The van der Waals surface area contributed by atoms with Crippen molar-refractivity contribution in [2.75, 3.05) is 19.8 Å². The second-order valence-electron chi connectivity index (χ2n) is 4.11. The zero-order valence-corrected chi connectivity index (χ0v) is 10.3. The highest BCUT2D eigenvalue weighted by atomic mass is 16.5. The van der Waals surface area contributed by atoms with E-state index in [-0.39, 0.29) is 12.6 Å². The summed E-state index contributed by atoms with van der Waals surface area (Å²) in [6.45, 7) is 7.56. The molecule has 0 aliphatic carbocycles. The molecular formula is C13H21NO2. The predicted octanol–water partition coefficient (Wildman–Crippen LogP) is 1.65. The molecule has 0 saturated carbocycles. The maximum atomic E-state index is 8.84. The Morgan fingerprint density at radius 3 is 2.50 bits per heavy atom. The van der Waals surface area contributed by atoms with Crippen LogP contribution in [-0.2, 0) is 0 Å². The Morgan fingerprint density at radius 2 is 1.94 bits per heavy atom. The van der Waals surface area contributed by atoms with Gasteiger partial charge in [-0.15, -0.1) is 0 Å². The Hall–Kier alpha value is -1.06. The molecule has 0 spiro atoms. The lowest BCUT2D eigenvalue weighted by Crippen LogP contribution is -2.32. The smallest absolute Gasteiger partial charge is 0.125 e. The monoisotopic (exact) mass is 223 g/mol. The van der Waals surface area contributed by atoms with Gasteiger partial charge in [-0.2, -0.15) is 0 Å². The van der Waals surface area contributed by atoms with Crippen LogP contribution in [0.1, 0.15) is 18.1 Å². The summed E-state index contributed by atoms with van der Waals surface area (Å²) in [5.74, 6) is 0.973. The summed E-state index contributed by atoms with van der Waals surface area (Å²) in [5, 5.41) is 12.0. The van der Waals surface area contributed by atoms with Crippen LogP contribution in [0.4, 0.5) is 0 Å². The fourth-order valence-electron chi connectivity index (χ4n) is 1.55. The van der Waals surface area contributed by atoms with Gasteiger partial charge in [-0.3, -0.25) is 0 Å². The van der Waals surface area contributed by atoms with Crippen molar-refractivity contribution in [3.05, 3.63) is 29.3 Å². The molecule has 0 heterocycles. The Morgan fingerprint density at radius 1 is 1.31 bits per heavy atom. The summed E-state index contributed by atoms with van der Waals surface area (Å²) in [4.78, 5) is 0. The maximum absolute atomic E-state index is 8.84. The minimum Gasteiger partial charge on any atom is -0.492 e. The number of rotatable bonds is 6. The molecule has 0 fully saturated rings. The van der Waals surface area contributed by atoms with E-state index in [1.165, 1.54) is 0 Å². The number of para-hydroxylation sites is 1. The lowest BCUT2D eigenvalue weighted by molar-refractivity contribution is 0.238. The molecule has 1 aromatic carbocycles. The zero-order valence-electron chi connectivity index (χ0n) is 10.3. The van der Waals surface area contributed by atoms with E-state index in [1.54, 1.807) is 0 Å². The summed E-state index contributed by atoms with van der Waals surface area (Å²) < 4.78 is 5.72. The average molecular weight is 223 g/mol. The molecule has 1 atom stereocenters. The second kappa shape index (κ2) is 6.51. The molecule has 16 heavy (non-hydrogen) atoms. The fraction of sp³-hybridized carbons (Fsp3) is 0.538. The number of aliphatic hydroxyl groups excluding tert-OH is 1. The van der Waals surface area contributed by atoms with E-state index >= 15 is 0 Å². The van der Waals surface area contributed by atoms with Gasteiger partial charge in [0, 0.05) is 12.6 Å². The number of benzene rings is 1. The van der Waals surface area contributed by atoms with Gasteiger partial charge in [0.1, 0.15) is 12.4 Å². The van der Waals surface area contributed by atoms with Crippen molar-refractivity contribution in [1.82, 2.24) is 5.32 Å². The number of aliphatic hydroxyl groups is 1. The van der Waals surface area contributed by atoms with Crippen LogP contribution in [0, 0.1) is 13.8 Å². The van der Waals surface area contributed by atoms with E-state index in [0.29, 0.717) is 6.61 Å². The largest absolute Gasteiger partial charge is 0.492 e. The van der Waals surface area contributed by atoms with Crippen LogP contribution in [0.3, 0.4) is 0 Å². The topological polar surface area (TPSA) is 41.5 Å². The van der Waals surface area contributed by atoms with Crippen molar-refractivity contribution >= 4 is 0 Å². The van der Waals surface area contributed by atoms with E-state index < -0.39 is 0 Å². The Bertz CT molecular complexity index is 305. The molecular weight excluding hydrogens is 202 g/mol. The third-order valence-corrected chi connectivity index (χ3v) is 2.52. The van der Waals surface area contributed by atoms with Crippen LogP contribution in [-0.4, -0.2) is 30.9 Å². The van der Waals surface area contributed by atoms with Crippen molar-refractivity contribution in [3.63, 3.8) is 0 Å². The van der Waals surface area contributed by atoms with E-state index in [0.717, 1.165) is 23.4 Å². The van der Waals surface area contributed by atoms with Gasteiger partial charge in [0.2, 0.25) is 0 Å². The first-order chi connectivity index (χ1) is 7.65. The van der Waals surface area contributed by atoms with Gasteiger partial charge in [-0.25, -0.2) is 0 Å². The van der Waals surface area contributed by atoms with Gasteiger partial charge in [-0.1, -0.05) is 18.2 Å². The molecule has 3 heteroatoms. The first-order valence-corrected chi connectivity index (χ1v) is 5.68. The van der Waals surface area contributed by atoms with Crippen molar-refractivity contribution < 1.29 is 9.84 Å². The van der Waals surface area contributed by atoms with E-state index in [4.69, 9.17) is 9.84 Å². The maximum Gasteiger partial charge on any atom is 0.125 e. The minimum absolute atomic E-state index is 0.126. The fourth-order valence-corrected chi connectivity index (χ4v) is 1.55. The molecule has 0 amide bonds. The molecule has 0 saturated heterocycles. The standard InChI is InChI=1S/C13H21NO2/c1-10-5-4-6-11(2)13(10)16-8-7-14-12(3)9-15/h4-6,12,14-15H,7-9H2,1-3H3/t12-/m1/s1. The first-order valence-electron chi connectivity index (χ1n) is 5.68. The lowest BCUT2D eigenvalue weighted by atomic mass is 10.1. The van der Waals surface area contributed by atoms with Crippen LogP contribution in [0.2, 0.25) is 0 Å². The summed E-state index contributed by atoms with van der Waals surface area (Å²) in [6, 6.07) is 6.25. The summed E-state index contributed by atoms with van der Waals surface area (Å²) >= 11 is 0. The normalized spacial score (nSPS) is 12.5. The van der Waals surface area contributed by atoms with Crippen LogP contribution >= 0.6 is 0 Å². The first kappa shape index (κ1) is 13.0. The Labute approximate surface area is 97.4 Å². The highest BCUT2D eigenvalue weighted by molar-refractivity contribution is 5.39. The van der Waals surface area contributed by atoms with Crippen molar-refractivity contribution in [1.29, 1.82) is 0 Å². The molecule has 90 valence electrons. The molecule has 0 radical (unpaired) electrons. The third kappa shape index (κ3) is 3.83. The van der Waals surface area contributed by atoms with Gasteiger partial charge in [0.05, 0.1) is 6.61 Å². The summed E-state index contributed by atoms with van der Waals surface area (Å²) in [6.07, 6.45) is 0. The predicted molar refractivity (Wildman–Crippen MR) is 66.0 cm³/mol. The summed E-state index contributed by atoms with van der Waals surface area (Å²) in [5.41, 5.74) is 2.32. The van der Waals surface area contributed by atoms with Crippen LogP contribution in [0.25, 0.3) is 0 Å². The van der Waals surface area contributed by atoms with E-state index in [2.05, 4.69) is 5.32 Å². The molecule has 0 aromatic heterocycles. The molecule has 2 N–H and O–H groups in total. The Balaban J connectivity index is 2.37. The molecule has 0 aliphatic rings. The van der Waals surface area contributed by atoms with Gasteiger partial charge >= 0.3 is 0 Å². The molecule has 0 aliphatic heterocycles. The number of nitrogens with one attached hydrogen (secondary N) is 1.